The van der Waals surface area contributed by atoms with Gasteiger partial charge >= 0.3 is 5.97 Å². The highest BCUT2D eigenvalue weighted by molar-refractivity contribution is 7.11. The molecular weight excluding hydrogens is 256 g/mol. The molecule has 19 heavy (non-hydrogen) atoms. The van der Waals surface area contributed by atoms with Crippen LogP contribution in [0.1, 0.15) is 15.2 Å². The lowest BCUT2D eigenvalue weighted by Crippen LogP contribution is -2.03. The van der Waals surface area contributed by atoms with Crippen molar-refractivity contribution >= 4 is 28.1 Å². The molecule has 0 radical (unpaired) electrons. The number of ether oxygens (including phenoxy) is 1. The highest BCUT2D eigenvalue weighted by atomic mass is 32.1. The van der Waals surface area contributed by atoms with Crippen molar-refractivity contribution in [2.75, 3.05) is 0 Å². The number of rotatable bonds is 3. The molecule has 0 N–H and O–H groups in total. The zero-order valence-electron chi connectivity index (χ0n) is 10.2. The number of thiophene rings is 1. The van der Waals surface area contributed by atoms with Crippen LogP contribution in [0, 0.1) is 0 Å². The largest absolute Gasteiger partial charge is 0.457 e. The van der Waals surface area contributed by atoms with Crippen LogP contribution in [-0.2, 0) is 11.3 Å². The molecule has 3 heteroatoms. The predicted octanol–water partition coefficient (Wildman–Crippen LogP) is 4.26. The number of benzene rings is 2. The van der Waals surface area contributed by atoms with Gasteiger partial charge in [-0.3, -0.25) is 0 Å². The van der Waals surface area contributed by atoms with Gasteiger partial charge in [0, 0.05) is 0 Å². The fraction of sp³-hybridized carbons (Fsp3) is 0.0625. The number of hydrogen-bond donors (Lipinski definition) is 0. The van der Waals surface area contributed by atoms with Crippen LogP contribution in [0.25, 0.3) is 10.8 Å². The third-order valence-corrected chi connectivity index (χ3v) is 3.81. The lowest BCUT2D eigenvalue weighted by molar-refractivity contribution is 0.0480. The van der Waals surface area contributed by atoms with E-state index in [0.29, 0.717) is 11.5 Å². The molecule has 1 heterocycles. The topological polar surface area (TPSA) is 26.3 Å². The summed E-state index contributed by atoms with van der Waals surface area (Å²) in [4.78, 5) is 12.4. The third-order valence-electron chi connectivity index (χ3n) is 2.96. The van der Waals surface area contributed by atoms with Gasteiger partial charge in [-0.25, -0.2) is 4.79 Å². The summed E-state index contributed by atoms with van der Waals surface area (Å²) in [6.07, 6.45) is 0. The summed E-state index contributed by atoms with van der Waals surface area (Å²) in [5.41, 5.74) is 1.03. The second kappa shape index (κ2) is 5.24. The van der Waals surface area contributed by atoms with E-state index in [2.05, 4.69) is 12.1 Å². The van der Waals surface area contributed by atoms with Crippen molar-refractivity contribution in [1.29, 1.82) is 0 Å². The average molecular weight is 268 g/mol. The summed E-state index contributed by atoms with van der Waals surface area (Å²) in [5, 5.41) is 4.16. The Morgan fingerprint density at radius 1 is 1.00 bits per heavy atom. The van der Waals surface area contributed by atoms with Gasteiger partial charge in [0.25, 0.3) is 0 Å². The molecule has 0 aliphatic rings. The van der Waals surface area contributed by atoms with Crippen LogP contribution < -0.4 is 0 Å². The van der Waals surface area contributed by atoms with Crippen LogP contribution in [-0.4, -0.2) is 5.97 Å². The van der Waals surface area contributed by atoms with E-state index in [1.54, 1.807) is 6.07 Å². The number of fused-ring (bicyclic) bond motifs is 1. The van der Waals surface area contributed by atoms with Crippen molar-refractivity contribution in [3.8, 4) is 0 Å². The van der Waals surface area contributed by atoms with E-state index in [4.69, 9.17) is 4.74 Å². The maximum absolute atomic E-state index is 11.8. The summed E-state index contributed by atoms with van der Waals surface area (Å²) in [6, 6.07) is 17.7. The first-order valence-corrected chi connectivity index (χ1v) is 6.90. The minimum atomic E-state index is -0.261. The first-order chi connectivity index (χ1) is 9.34. The van der Waals surface area contributed by atoms with Gasteiger partial charge < -0.3 is 4.74 Å². The van der Waals surface area contributed by atoms with Crippen molar-refractivity contribution < 1.29 is 9.53 Å². The summed E-state index contributed by atoms with van der Waals surface area (Å²) in [5.74, 6) is -0.261. The average Bonchev–Trinajstić information content (AvgIpc) is 2.99. The molecule has 94 valence electrons. The Kier molecular flexibility index (Phi) is 3.29. The van der Waals surface area contributed by atoms with E-state index in [1.165, 1.54) is 11.3 Å². The summed E-state index contributed by atoms with van der Waals surface area (Å²) in [7, 11) is 0. The molecule has 3 aromatic rings. The molecule has 2 nitrogen and oxygen atoms in total. The summed E-state index contributed by atoms with van der Waals surface area (Å²) >= 11 is 1.40. The van der Waals surface area contributed by atoms with Crippen LogP contribution in [0.3, 0.4) is 0 Å². The van der Waals surface area contributed by atoms with Crippen LogP contribution >= 0.6 is 11.3 Å². The molecule has 2 aromatic carbocycles. The minimum absolute atomic E-state index is 0.261. The maximum atomic E-state index is 11.8. The van der Waals surface area contributed by atoms with E-state index >= 15 is 0 Å². The molecule has 0 atom stereocenters. The van der Waals surface area contributed by atoms with Gasteiger partial charge in [-0.2, -0.15) is 0 Å². The van der Waals surface area contributed by atoms with Crippen LogP contribution in [0.2, 0.25) is 0 Å². The van der Waals surface area contributed by atoms with Gasteiger partial charge in [0.1, 0.15) is 11.5 Å². The number of esters is 1. The minimum Gasteiger partial charge on any atom is -0.457 e. The zero-order chi connectivity index (χ0) is 13.1. The molecule has 0 aliphatic heterocycles. The normalized spacial score (nSPS) is 10.5. The van der Waals surface area contributed by atoms with Gasteiger partial charge in [-0.05, 0) is 27.8 Å². The van der Waals surface area contributed by atoms with Crippen molar-refractivity contribution in [2.24, 2.45) is 0 Å². The highest BCUT2D eigenvalue weighted by Crippen LogP contribution is 2.20. The Bertz CT molecular complexity index is 696. The Hall–Kier alpha value is -2.13. The van der Waals surface area contributed by atoms with E-state index in [0.717, 1.165) is 16.3 Å². The number of carbonyl (C=O) groups is 1. The summed E-state index contributed by atoms with van der Waals surface area (Å²) in [6.45, 7) is 0.304. The van der Waals surface area contributed by atoms with Gasteiger partial charge in [0.2, 0.25) is 0 Å². The molecule has 3 rings (SSSR count). The lowest BCUT2D eigenvalue weighted by atomic mass is 10.1. The molecule has 0 unspecified atom stereocenters. The molecular formula is C16H12O2S. The monoisotopic (exact) mass is 268 g/mol. The molecule has 0 spiro atoms. The quantitative estimate of drug-likeness (QED) is 0.663. The van der Waals surface area contributed by atoms with Gasteiger partial charge in [-0.15, -0.1) is 11.3 Å². The molecule has 0 aliphatic carbocycles. The summed E-state index contributed by atoms with van der Waals surface area (Å²) < 4.78 is 5.35. The second-order valence-electron chi connectivity index (χ2n) is 4.19. The van der Waals surface area contributed by atoms with Crippen LogP contribution in [0.5, 0.6) is 0 Å². The van der Waals surface area contributed by atoms with Crippen molar-refractivity contribution in [2.45, 2.75) is 6.61 Å². The number of hydrogen-bond acceptors (Lipinski definition) is 3. The van der Waals surface area contributed by atoms with E-state index in [1.807, 2.05) is 41.8 Å². The smallest absolute Gasteiger partial charge is 0.348 e. The highest BCUT2D eigenvalue weighted by Gasteiger charge is 2.09. The van der Waals surface area contributed by atoms with E-state index < -0.39 is 0 Å². The van der Waals surface area contributed by atoms with Gasteiger partial charge in [0.15, 0.2) is 0 Å². The van der Waals surface area contributed by atoms with Crippen LogP contribution in [0.15, 0.2) is 60.0 Å². The van der Waals surface area contributed by atoms with Crippen molar-refractivity contribution in [1.82, 2.24) is 0 Å². The Morgan fingerprint density at radius 3 is 2.68 bits per heavy atom. The SMILES string of the molecule is O=C(OCc1cccc2ccccc12)c1cccs1. The Balaban J connectivity index is 1.81. The predicted molar refractivity (Wildman–Crippen MR) is 77.4 cm³/mol. The lowest BCUT2D eigenvalue weighted by Gasteiger charge is -2.07. The fourth-order valence-electron chi connectivity index (χ4n) is 2.03. The van der Waals surface area contributed by atoms with Crippen LogP contribution in [0.4, 0.5) is 0 Å². The Labute approximate surface area is 115 Å². The molecule has 0 fully saturated rings. The second-order valence-corrected chi connectivity index (χ2v) is 5.14. The molecule has 0 amide bonds. The molecule has 0 saturated heterocycles. The maximum Gasteiger partial charge on any atom is 0.348 e. The molecule has 0 saturated carbocycles. The zero-order valence-corrected chi connectivity index (χ0v) is 11.0. The van der Waals surface area contributed by atoms with Crippen molar-refractivity contribution in [3.63, 3.8) is 0 Å². The fourth-order valence-corrected chi connectivity index (χ4v) is 2.64. The third kappa shape index (κ3) is 2.51. The molecule has 1 aromatic heterocycles. The number of carbonyl (C=O) groups excluding carboxylic acids is 1. The van der Waals surface area contributed by atoms with Gasteiger partial charge in [-0.1, -0.05) is 48.5 Å². The van der Waals surface area contributed by atoms with E-state index in [9.17, 15) is 4.79 Å². The standard InChI is InChI=1S/C16H12O2S/c17-16(15-9-4-10-19-15)18-11-13-7-3-6-12-5-1-2-8-14(12)13/h1-10H,11H2. The van der Waals surface area contributed by atoms with Crippen molar-refractivity contribution in [3.05, 3.63) is 70.4 Å². The Morgan fingerprint density at radius 2 is 1.84 bits per heavy atom. The van der Waals surface area contributed by atoms with E-state index in [-0.39, 0.29) is 5.97 Å². The van der Waals surface area contributed by atoms with Gasteiger partial charge in [0.05, 0.1) is 0 Å². The first kappa shape index (κ1) is 11.9. The first-order valence-electron chi connectivity index (χ1n) is 6.02. The molecule has 0 bridgehead atoms.